The van der Waals surface area contributed by atoms with Gasteiger partial charge in [0.2, 0.25) is 0 Å². The van der Waals surface area contributed by atoms with Crippen molar-refractivity contribution in [1.82, 2.24) is 5.48 Å². The molecule has 0 saturated carbocycles. The van der Waals surface area contributed by atoms with Crippen LogP contribution in [0.4, 0.5) is 0 Å². The second-order valence-corrected chi connectivity index (χ2v) is 2.47. The van der Waals surface area contributed by atoms with E-state index in [4.69, 9.17) is 9.57 Å². The average molecular weight is 273 g/mol. The van der Waals surface area contributed by atoms with Crippen molar-refractivity contribution in [2.75, 3.05) is 11.2 Å². The zero-order valence-electron chi connectivity index (χ0n) is 6.59. The zero-order valence-corrected chi connectivity index (χ0v) is 8.75. The van der Waals surface area contributed by atoms with Gasteiger partial charge in [0.25, 0.3) is 0 Å². The Hall–Kier alpha value is 0.120. The molecule has 0 aromatic rings. The van der Waals surface area contributed by atoms with Crippen LogP contribution in [0.5, 0.6) is 0 Å². The first-order chi connectivity index (χ1) is 5.22. The number of esters is 1. The Morgan fingerprint density at radius 2 is 2.36 bits per heavy atom. The molecule has 11 heavy (non-hydrogen) atoms. The first-order valence-electron chi connectivity index (χ1n) is 3.32. The molecule has 0 saturated heterocycles. The molecule has 0 amide bonds. The Labute approximate surface area is 79.7 Å². The third kappa shape index (κ3) is 5.40. The number of ether oxygens (including phenoxy) is 1. The summed E-state index contributed by atoms with van der Waals surface area (Å²) in [4.78, 5) is 15.7. The lowest BCUT2D eigenvalue weighted by atomic mass is 10.4. The number of hydrogen-bond donors (Lipinski definition) is 1. The lowest BCUT2D eigenvalue weighted by molar-refractivity contribution is -0.148. The number of carbonyl (C=O) groups excluding carboxylic acids is 1. The summed E-state index contributed by atoms with van der Waals surface area (Å²) in [5.74, 6) is -0.294. The van der Waals surface area contributed by atoms with Gasteiger partial charge in [0, 0.05) is 0 Å². The third-order valence-corrected chi connectivity index (χ3v) is 1.27. The smallest absolute Gasteiger partial charge is 0.325 e. The van der Waals surface area contributed by atoms with Crippen molar-refractivity contribution in [2.45, 2.75) is 19.9 Å². The molecule has 0 heterocycles. The zero-order chi connectivity index (χ0) is 8.69. The molecule has 5 heteroatoms. The largest absolute Gasteiger partial charge is 0.465 e. The molecular formula is C6H12INO3. The standard InChI is InChI=1S/C6H12INO3/c1-3-10-6(9)5(2)8-11-4-7/h5,8H,3-4H2,1-2H3. The summed E-state index contributed by atoms with van der Waals surface area (Å²) in [6.45, 7) is 3.85. The first-order valence-corrected chi connectivity index (χ1v) is 4.84. The quantitative estimate of drug-likeness (QED) is 0.349. The van der Waals surface area contributed by atoms with E-state index < -0.39 is 6.04 Å². The molecule has 0 aromatic heterocycles. The Bertz CT molecular complexity index is 120. The van der Waals surface area contributed by atoms with E-state index in [2.05, 4.69) is 5.48 Å². The molecule has 0 aliphatic rings. The van der Waals surface area contributed by atoms with Gasteiger partial charge in [-0.15, -0.1) is 0 Å². The second kappa shape index (κ2) is 6.81. The van der Waals surface area contributed by atoms with Crippen molar-refractivity contribution in [3.63, 3.8) is 0 Å². The molecule has 0 radical (unpaired) electrons. The van der Waals surface area contributed by atoms with E-state index >= 15 is 0 Å². The molecule has 0 bridgehead atoms. The van der Waals surface area contributed by atoms with Gasteiger partial charge < -0.3 is 4.74 Å². The number of rotatable bonds is 5. The van der Waals surface area contributed by atoms with Gasteiger partial charge >= 0.3 is 5.97 Å². The Morgan fingerprint density at radius 3 is 2.82 bits per heavy atom. The van der Waals surface area contributed by atoms with Crippen molar-refractivity contribution in [2.24, 2.45) is 0 Å². The molecule has 1 N–H and O–H groups in total. The van der Waals surface area contributed by atoms with Gasteiger partial charge in [-0.25, -0.2) is 0 Å². The monoisotopic (exact) mass is 273 g/mol. The molecule has 0 fully saturated rings. The number of nitrogens with one attached hydrogen (secondary N) is 1. The minimum absolute atomic E-state index is 0.294. The predicted octanol–water partition coefficient (Wildman–Crippen LogP) is 0.852. The lowest BCUT2D eigenvalue weighted by Crippen LogP contribution is -2.35. The minimum Gasteiger partial charge on any atom is -0.465 e. The molecule has 1 unspecified atom stereocenters. The van der Waals surface area contributed by atoms with Crippen molar-refractivity contribution in [3.8, 4) is 0 Å². The highest BCUT2D eigenvalue weighted by Crippen LogP contribution is 1.89. The summed E-state index contributed by atoms with van der Waals surface area (Å²) >= 11 is 2.03. The molecule has 4 nitrogen and oxygen atoms in total. The van der Waals surface area contributed by atoms with E-state index in [1.54, 1.807) is 13.8 Å². The van der Waals surface area contributed by atoms with Crippen LogP contribution in [0.2, 0.25) is 0 Å². The number of hydroxylamine groups is 1. The van der Waals surface area contributed by atoms with Gasteiger partial charge in [0.1, 0.15) is 10.7 Å². The summed E-state index contributed by atoms with van der Waals surface area (Å²) in [7, 11) is 0. The van der Waals surface area contributed by atoms with Gasteiger partial charge in [-0.1, -0.05) is 22.6 Å². The maximum Gasteiger partial charge on any atom is 0.325 e. The van der Waals surface area contributed by atoms with Crippen LogP contribution < -0.4 is 5.48 Å². The van der Waals surface area contributed by atoms with Gasteiger partial charge in [0.15, 0.2) is 0 Å². The van der Waals surface area contributed by atoms with Crippen LogP contribution in [0.3, 0.4) is 0 Å². The summed E-state index contributed by atoms with van der Waals surface area (Å²) in [6.07, 6.45) is 0. The first kappa shape index (κ1) is 11.1. The highest BCUT2D eigenvalue weighted by molar-refractivity contribution is 14.1. The van der Waals surface area contributed by atoms with Gasteiger partial charge in [-0.2, -0.15) is 5.48 Å². The Balaban J connectivity index is 3.46. The fourth-order valence-corrected chi connectivity index (χ4v) is 0.652. The molecule has 66 valence electrons. The van der Waals surface area contributed by atoms with E-state index in [9.17, 15) is 4.79 Å². The van der Waals surface area contributed by atoms with E-state index in [-0.39, 0.29) is 5.97 Å². The predicted molar refractivity (Wildman–Crippen MR) is 49.2 cm³/mol. The Kier molecular flexibility index (Phi) is 6.88. The normalized spacial score (nSPS) is 12.6. The molecule has 1 atom stereocenters. The van der Waals surface area contributed by atoms with Crippen molar-refractivity contribution >= 4 is 28.6 Å². The molecule has 0 rings (SSSR count). The highest BCUT2D eigenvalue weighted by atomic mass is 127. The van der Waals surface area contributed by atoms with Crippen LogP contribution >= 0.6 is 22.6 Å². The van der Waals surface area contributed by atoms with Crippen molar-refractivity contribution in [3.05, 3.63) is 0 Å². The molecule has 0 aliphatic carbocycles. The molecule has 0 aromatic carbocycles. The van der Waals surface area contributed by atoms with Crippen LogP contribution in [-0.4, -0.2) is 23.2 Å². The van der Waals surface area contributed by atoms with E-state index in [0.717, 1.165) is 0 Å². The summed E-state index contributed by atoms with van der Waals surface area (Å²) in [5.41, 5.74) is 2.53. The van der Waals surface area contributed by atoms with E-state index in [1.165, 1.54) is 0 Å². The highest BCUT2D eigenvalue weighted by Gasteiger charge is 2.12. The average Bonchev–Trinajstić information content (AvgIpc) is 2.00. The van der Waals surface area contributed by atoms with Crippen LogP contribution in [0.15, 0.2) is 0 Å². The Morgan fingerprint density at radius 1 is 1.73 bits per heavy atom. The second-order valence-electron chi connectivity index (χ2n) is 1.85. The number of halogens is 1. The SMILES string of the molecule is CCOC(=O)C(C)NOCI. The number of alkyl halides is 1. The maximum absolute atomic E-state index is 10.9. The topological polar surface area (TPSA) is 47.6 Å². The van der Waals surface area contributed by atoms with Crippen molar-refractivity contribution in [1.29, 1.82) is 0 Å². The van der Waals surface area contributed by atoms with Crippen LogP contribution in [0.1, 0.15) is 13.8 Å². The van der Waals surface area contributed by atoms with E-state index in [1.807, 2.05) is 22.6 Å². The number of carbonyl (C=O) groups is 1. The lowest BCUT2D eigenvalue weighted by Gasteiger charge is -2.10. The summed E-state index contributed by atoms with van der Waals surface area (Å²) in [5, 5.41) is 0. The number of hydrogen-bond acceptors (Lipinski definition) is 4. The van der Waals surface area contributed by atoms with Crippen LogP contribution in [0, 0.1) is 0 Å². The summed E-state index contributed by atoms with van der Waals surface area (Å²) in [6, 6.07) is -0.398. The third-order valence-electron chi connectivity index (χ3n) is 0.955. The summed E-state index contributed by atoms with van der Waals surface area (Å²) < 4.78 is 5.22. The maximum atomic E-state index is 10.9. The molecule has 0 aliphatic heterocycles. The van der Waals surface area contributed by atoms with Crippen LogP contribution in [-0.2, 0) is 14.4 Å². The van der Waals surface area contributed by atoms with Crippen LogP contribution in [0.25, 0.3) is 0 Å². The fourth-order valence-electron chi connectivity index (χ4n) is 0.472. The fraction of sp³-hybridized carbons (Fsp3) is 0.833. The molecular weight excluding hydrogens is 261 g/mol. The van der Waals surface area contributed by atoms with Gasteiger partial charge in [-0.3, -0.25) is 9.63 Å². The van der Waals surface area contributed by atoms with E-state index in [0.29, 0.717) is 11.2 Å². The van der Waals surface area contributed by atoms with Crippen molar-refractivity contribution < 1.29 is 14.4 Å². The van der Waals surface area contributed by atoms with Gasteiger partial charge in [0.05, 0.1) is 6.61 Å². The molecule has 0 spiro atoms. The van der Waals surface area contributed by atoms with Gasteiger partial charge in [-0.05, 0) is 13.8 Å². The minimum atomic E-state index is -0.398.